The number of rotatable bonds is 57. The van der Waals surface area contributed by atoms with Crippen LogP contribution in [-0.4, -0.2) is 37.2 Å². The number of carbonyl (C=O) groups excluding carboxylic acids is 3. The van der Waals surface area contributed by atoms with Gasteiger partial charge in [-0.05, 0) is 109 Å². The van der Waals surface area contributed by atoms with E-state index in [9.17, 15) is 14.4 Å². The molecule has 6 heteroatoms. The lowest BCUT2D eigenvalue weighted by molar-refractivity contribution is -0.167. The highest BCUT2D eigenvalue weighted by Gasteiger charge is 2.19. The molecule has 0 saturated heterocycles. The normalized spacial score (nSPS) is 12.5. The largest absolute Gasteiger partial charge is 0.462 e. The maximum Gasteiger partial charge on any atom is 0.306 e. The first kappa shape index (κ1) is 69.8. The third kappa shape index (κ3) is 59.6. The van der Waals surface area contributed by atoms with Crippen LogP contribution in [0.25, 0.3) is 0 Å². The Kier molecular flexibility index (Phi) is 58.7. The van der Waals surface area contributed by atoms with Crippen molar-refractivity contribution in [1.29, 1.82) is 0 Å². The van der Waals surface area contributed by atoms with Gasteiger partial charge in [0.05, 0.1) is 0 Å². The van der Waals surface area contributed by atoms with Crippen molar-refractivity contribution in [2.75, 3.05) is 13.2 Å². The number of carbonyl (C=O) groups is 3. The van der Waals surface area contributed by atoms with Gasteiger partial charge in [0.1, 0.15) is 13.2 Å². The van der Waals surface area contributed by atoms with Crippen molar-refractivity contribution in [2.45, 2.75) is 322 Å². The summed E-state index contributed by atoms with van der Waals surface area (Å²) >= 11 is 0. The maximum atomic E-state index is 12.9. The number of hydrogen-bond acceptors (Lipinski definition) is 6. The molecule has 0 aromatic rings. The molecule has 0 aliphatic heterocycles. The lowest BCUT2D eigenvalue weighted by atomic mass is 10.0. The Balaban J connectivity index is 4.29. The molecule has 0 saturated carbocycles. The van der Waals surface area contributed by atoms with Gasteiger partial charge < -0.3 is 14.2 Å². The average Bonchev–Trinajstić information content (AvgIpc) is 3.39. The summed E-state index contributed by atoms with van der Waals surface area (Å²) in [5.41, 5.74) is 0. The Hall–Kier alpha value is -3.15. The van der Waals surface area contributed by atoms with Crippen LogP contribution >= 0.6 is 0 Å². The summed E-state index contributed by atoms with van der Waals surface area (Å²) in [6, 6.07) is 0. The van der Waals surface area contributed by atoms with Gasteiger partial charge in [-0.1, -0.05) is 261 Å². The molecule has 0 heterocycles. The molecule has 0 aromatic carbocycles. The minimum absolute atomic E-state index is 0.0868. The first-order valence-electron chi connectivity index (χ1n) is 31.4. The van der Waals surface area contributed by atoms with Gasteiger partial charge in [0.2, 0.25) is 0 Å². The highest BCUT2D eigenvalue weighted by molar-refractivity contribution is 5.71. The van der Waals surface area contributed by atoms with Crippen molar-refractivity contribution in [3.63, 3.8) is 0 Å². The van der Waals surface area contributed by atoms with Crippen molar-refractivity contribution in [2.24, 2.45) is 0 Å². The van der Waals surface area contributed by atoms with Crippen molar-refractivity contribution in [3.05, 3.63) is 72.9 Å². The molecule has 1 atom stereocenters. The number of esters is 3. The molecule has 0 bridgehead atoms. The summed E-state index contributed by atoms with van der Waals surface area (Å²) in [4.78, 5) is 38.2. The second kappa shape index (κ2) is 61.4. The fourth-order valence-electron chi connectivity index (χ4n) is 8.95. The fraction of sp³-hybridized carbons (Fsp3) is 0.776. The lowest BCUT2D eigenvalue weighted by Gasteiger charge is -2.18. The minimum Gasteiger partial charge on any atom is -0.462 e. The Bertz CT molecular complexity index is 1360. The Morgan fingerprint density at radius 3 is 0.890 bits per heavy atom. The second-order valence-electron chi connectivity index (χ2n) is 20.9. The molecule has 0 spiro atoms. The summed E-state index contributed by atoms with van der Waals surface area (Å²) in [5.74, 6) is -0.914. The summed E-state index contributed by atoms with van der Waals surface area (Å²) < 4.78 is 16.9. The molecule has 0 fully saturated rings. The van der Waals surface area contributed by atoms with E-state index in [4.69, 9.17) is 14.2 Å². The predicted molar refractivity (Wildman–Crippen MR) is 316 cm³/mol. The molecule has 0 aromatic heterocycles. The van der Waals surface area contributed by atoms with Crippen LogP contribution in [0, 0.1) is 0 Å². The number of unbranched alkanes of at least 4 members (excludes halogenated alkanes) is 34. The molecule has 0 rings (SSSR count). The quantitative estimate of drug-likeness (QED) is 0.0261. The van der Waals surface area contributed by atoms with Gasteiger partial charge in [-0.15, -0.1) is 0 Å². The smallest absolute Gasteiger partial charge is 0.306 e. The average molecular weight is 1020 g/mol. The first-order chi connectivity index (χ1) is 36.0. The molecule has 1 unspecified atom stereocenters. The van der Waals surface area contributed by atoms with Crippen molar-refractivity contribution in [3.8, 4) is 0 Å². The van der Waals surface area contributed by atoms with Gasteiger partial charge in [-0.25, -0.2) is 0 Å². The predicted octanol–water partition coefficient (Wildman–Crippen LogP) is 21.3. The lowest BCUT2D eigenvalue weighted by Crippen LogP contribution is -2.30. The van der Waals surface area contributed by atoms with Crippen LogP contribution < -0.4 is 0 Å². The third-order valence-electron chi connectivity index (χ3n) is 13.7. The molecule has 0 amide bonds. The van der Waals surface area contributed by atoms with Crippen molar-refractivity contribution in [1.82, 2.24) is 0 Å². The molecule has 422 valence electrons. The number of allylic oxidation sites excluding steroid dienone is 12. The monoisotopic (exact) mass is 1020 g/mol. The van der Waals surface area contributed by atoms with Crippen LogP contribution in [0.2, 0.25) is 0 Å². The van der Waals surface area contributed by atoms with E-state index in [0.29, 0.717) is 19.3 Å². The van der Waals surface area contributed by atoms with Gasteiger partial charge >= 0.3 is 17.9 Å². The molecule has 6 nitrogen and oxygen atoms in total. The molecule has 0 aliphatic rings. The van der Waals surface area contributed by atoms with Crippen molar-refractivity contribution >= 4 is 17.9 Å². The van der Waals surface area contributed by atoms with Crippen LogP contribution in [0.4, 0.5) is 0 Å². The van der Waals surface area contributed by atoms with E-state index in [2.05, 4.69) is 93.7 Å². The molecule has 73 heavy (non-hydrogen) atoms. The van der Waals surface area contributed by atoms with E-state index < -0.39 is 6.10 Å². The van der Waals surface area contributed by atoms with E-state index in [1.165, 1.54) is 180 Å². The molecular weight excluding hydrogens is 901 g/mol. The van der Waals surface area contributed by atoms with Crippen LogP contribution in [0.3, 0.4) is 0 Å². The van der Waals surface area contributed by atoms with Crippen molar-refractivity contribution < 1.29 is 28.6 Å². The van der Waals surface area contributed by atoms with Crippen LogP contribution in [0.15, 0.2) is 72.9 Å². The van der Waals surface area contributed by atoms with E-state index >= 15 is 0 Å². The molecule has 0 radical (unpaired) electrons. The Morgan fingerprint density at radius 2 is 0.534 bits per heavy atom. The van der Waals surface area contributed by atoms with Crippen LogP contribution in [-0.2, 0) is 28.6 Å². The first-order valence-corrected chi connectivity index (χ1v) is 31.4. The third-order valence-corrected chi connectivity index (χ3v) is 13.7. The van der Waals surface area contributed by atoms with Gasteiger partial charge in [0.25, 0.3) is 0 Å². The van der Waals surface area contributed by atoms with E-state index in [0.717, 1.165) is 96.3 Å². The zero-order chi connectivity index (χ0) is 52.9. The Morgan fingerprint density at radius 1 is 0.288 bits per heavy atom. The molecule has 0 aliphatic carbocycles. The SMILES string of the molecule is CC/C=C\C/C=C\C/C=C\CCCCCC(=O)OCC(COC(=O)CCCCCCCCCCCCCCC/C=C\CCCCCCCCCC)OC(=O)CCCCCCCCC/C=C\C/C=C\CCCCC. The zero-order valence-electron chi connectivity index (χ0n) is 48.4. The molecule has 0 N–H and O–H groups in total. The van der Waals surface area contributed by atoms with Gasteiger partial charge in [0, 0.05) is 19.3 Å². The molecular formula is C67H118O6. The van der Waals surface area contributed by atoms with Crippen LogP contribution in [0.1, 0.15) is 316 Å². The summed E-state index contributed by atoms with van der Waals surface area (Å²) in [7, 11) is 0. The summed E-state index contributed by atoms with van der Waals surface area (Å²) in [6.07, 6.45) is 79.1. The highest BCUT2D eigenvalue weighted by Crippen LogP contribution is 2.16. The number of ether oxygens (including phenoxy) is 3. The number of hydrogen-bond donors (Lipinski definition) is 0. The second-order valence-corrected chi connectivity index (χ2v) is 20.9. The Labute approximate surface area is 453 Å². The van der Waals surface area contributed by atoms with E-state index in [1.807, 2.05) is 0 Å². The fourth-order valence-corrected chi connectivity index (χ4v) is 8.95. The minimum atomic E-state index is -0.792. The van der Waals surface area contributed by atoms with Gasteiger partial charge in [-0.3, -0.25) is 14.4 Å². The van der Waals surface area contributed by atoms with E-state index in [1.54, 1.807) is 0 Å². The maximum absolute atomic E-state index is 12.9. The van der Waals surface area contributed by atoms with Crippen LogP contribution in [0.5, 0.6) is 0 Å². The van der Waals surface area contributed by atoms with E-state index in [-0.39, 0.29) is 31.1 Å². The summed E-state index contributed by atoms with van der Waals surface area (Å²) in [6.45, 7) is 6.50. The van der Waals surface area contributed by atoms with Gasteiger partial charge in [0.15, 0.2) is 6.10 Å². The van der Waals surface area contributed by atoms with Gasteiger partial charge in [-0.2, -0.15) is 0 Å². The standard InChI is InChI=1S/C67H118O6/c1-4-7-10-13-16-19-22-25-27-29-30-31-32-33-34-35-36-38-39-42-45-48-51-54-57-60-66(69)72-63-64(62-71-65(68)59-56-53-50-47-44-41-24-21-18-15-12-9-6-3)73-67(70)61-58-55-52-49-46-43-40-37-28-26-23-20-17-14-11-8-5-2/h9,12,17-18,20-21,26,28-30,41,44,64H,4-8,10-11,13-16,19,22-25,27,31-40,42-43,45-63H2,1-3H3/b12-9-,20-17-,21-18-,28-26-,30-29-,44-41-. The highest BCUT2D eigenvalue weighted by atomic mass is 16.6. The summed E-state index contributed by atoms with van der Waals surface area (Å²) in [5, 5.41) is 0. The zero-order valence-corrected chi connectivity index (χ0v) is 48.4. The topological polar surface area (TPSA) is 78.9 Å².